The lowest BCUT2D eigenvalue weighted by molar-refractivity contribution is -0.127. The average molecular weight is 327 g/mol. The number of halogens is 1. The number of ether oxygens (including phenoxy) is 2. The second kappa shape index (κ2) is 4.68. The number of hydrogen-bond acceptors (Lipinski definition) is 4. The molecule has 0 aromatic heterocycles. The number of likely N-dealkylation sites (tertiary alicyclic amines) is 1. The zero-order chi connectivity index (χ0) is 13.6. The maximum atomic E-state index is 11.7. The Balaban J connectivity index is 2.02. The highest BCUT2D eigenvalue weighted by Crippen LogP contribution is 2.42. The minimum atomic E-state index is -0.188. The van der Waals surface area contributed by atoms with E-state index in [0.717, 1.165) is 15.8 Å². The summed E-state index contributed by atoms with van der Waals surface area (Å²) in [5.41, 5.74) is 7.04. The first kappa shape index (κ1) is 12.7. The fourth-order valence-corrected chi connectivity index (χ4v) is 3.25. The van der Waals surface area contributed by atoms with Crippen molar-refractivity contribution in [1.82, 2.24) is 4.90 Å². The van der Waals surface area contributed by atoms with E-state index < -0.39 is 0 Å². The van der Waals surface area contributed by atoms with Crippen LogP contribution in [0.25, 0.3) is 0 Å². The van der Waals surface area contributed by atoms with Crippen LogP contribution < -0.4 is 15.2 Å². The van der Waals surface area contributed by atoms with E-state index in [2.05, 4.69) is 15.9 Å². The average Bonchev–Trinajstić information content (AvgIpc) is 2.63. The van der Waals surface area contributed by atoms with E-state index in [-0.39, 0.29) is 18.0 Å². The third-order valence-corrected chi connectivity index (χ3v) is 4.18. The van der Waals surface area contributed by atoms with Gasteiger partial charge in [0.1, 0.15) is 13.2 Å². The lowest BCUT2D eigenvalue weighted by Crippen LogP contribution is -2.30. The second-order valence-electron chi connectivity index (χ2n) is 4.84. The lowest BCUT2D eigenvalue weighted by atomic mass is 10.0. The maximum Gasteiger partial charge on any atom is 0.224 e. The topological polar surface area (TPSA) is 64.8 Å². The fraction of sp³-hybridized carbons (Fsp3) is 0.462. The first-order chi connectivity index (χ1) is 9.08. The van der Waals surface area contributed by atoms with Gasteiger partial charge in [0.15, 0.2) is 11.5 Å². The Morgan fingerprint density at radius 1 is 1.37 bits per heavy atom. The molecule has 1 amide bonds. The quantitative estimate of drug-likeness (QED) is 0.848. The van der Waals surface area contributed by atoms with Crippen molar-refractivity contribution in [3.63, 3.8) is 0 Å². The molecule has 0 aliphatic carbocycles. The van der Waals surface area contributed by atoms with Crippen molar-refractivity contribution < 1.29 is 14.3 Å². The number of nitrogens with zero attached hydrogens (tertiary/aromatic N) is 1. The van der Waals surface area contributed by atoms with Gasteiger partial charge in [0.05, 0.1) is 10.5 Å². The lowest BCUT2D eigenvalue weighted by Gasteiger charge is -2.26. The summed E-state index contributed by atoms with van der Waals surface area (Å²) in [6, 6.07) is 3.57. The number of likely N-dealkylation sites (N-methyl/N-ethyl adjacent to an activating group) is 1. The summed E-state index contributed by atoms with van der Waals surface area (Å²) < 4.78 is 12.0. The monoisotopic (exact) mass is 326 g/mol. The molecule has 1 fully saturated rings. The Morgan fingerprint density at radius 2 is 2.11 bits per heavy atom. The van der Waals surface area contributed by atoms with E-state index in [1.165, 1.54) is 0 Å². The molecule has 102 valence electrons. The standard InChI is InChI=1S/C13H15BrN2O3/c1-16-11(17)6-9(15)12(16)7-4-8(14)13-10(5-7)18-2-3-19-13/h4-5,9,12H,2-3,6,15H2,1H3. The Morgan fingerprint density at radius 3 is 2.79 bits per heavy atom. The highest BCUT2D eigenvalue weighted by atomic mass is 79.9. The van der Waals surface area contributed by atoms with E-state index in [4.69, 9.17) is 15.2 Å². The summed E-state index contributed by atoms with van der Waals surface area (Å²) in [6.45, 7) is 1.08. The van der Waals surface area contributed by atoms with Crippen molar-refractivity contribution in [2.24, 2.45) is 5.73 Å². The van der Waals surface area contributed by atoms with Crippen LogP contribution in [0.15, 0.2) is 16.6 Å². The van der Waals surface area contributed by atoms with E-state index in [1.807, 2.05) is 12.1 Å². The van der Waals surface area contributed by atoms with Crippen LogP contribution in [-0.2, 0) is 4.79 Å². The van der Waals surface area contributed by atoms with E-state index in [1.54, 1.807) is 11.9 Å². The largest absolute Gasteiger partial charge is 0.486 e. The Hall–Kier alpha value is -1.27. The van der Waals surface area contributed by atoms with E-state index in [0.29, 0.717) is 25.4 Å². The summed E-state index contributed by atoms with van der Waals surface area (Å²) >= 11 is 3.49. The zero-order valence-electron chi connectivity index (χ0n) is 10.6. The fourth-order valence-electron chi connectivity index (χ4n) is 2.67. The molecule has 3 rings (SSSR count). The Labute approximate surface area is 119 Å². The maximum absolute atomic E-state index is 11.7. The minimum Gasteiger partial charge on any atom is -0.486 e. The van der Waals surface area contributed by atoms with Crippen LogP contribution >= 0.6 is 15.9 Å². The molecule has 1 saturated heterocycles. The molecule has 0 saturated carbocycles. The van der Waals surface area contributed by atoms with E-state index >= 15 is 0 Å². The van der Waals surface area contributed by atoms with Crippen molar-refractivity contribution >= 4 is 21.8 Å². The SMILES string of the molecule is CN1C(=O)CC(N)C1c1cc(Br)c2c(c1)OCCO2. The molecule has 5 nitrogen and oxygen atoms in total. The molecule has 19 heavy (non-hydrogen) atoms. The van der Waals surface area contributed by atoms with Gasteiger partial charge in [-0.15, -0.1) is 0 Å². The summed E-state index contributed by atoms with van der Waals surface area (Å²) in [5, 5.41) is 0. The number of carbonyl (C=O) groups is 1. The third-order valence-electron chi connectivity index (χ3n) is 3.59. The predicted octanol–water partition coefficient (Wildman–Crippen LogP) is 1.45. The van der Waals surface area contributed by atoms with Gasteiger partial charge in [-0.05, 0) is 33.6 Å². The van der Waals surface area contributed by atoms with Gasteiger partial charge < -0.3 is 20.1 Å². The minimum absolute atomic E-state index is 0.0727. The zero-order valence-corrected chi connectivity index (χ0v) is 12.1. The highest BCUT2D eigenvalue weighted by molar-refractivity contribution is 9.10. The first-order valence-corrected chi connectivity index (χ1v) is 6.97. The molecule has 0 bridgehead atoms. The van der Waals surface area contributed by atoms with Crippen LogP contribution in [0.5, 0.6) is 11.5 Å². The van der Waals surface area contributed by atoms with Crippen LogP contribution in [0.4, 0.5) is 0 Å². The highest BCUT2D eigenvalue weighted by Gasteiger charge is 2.37. The number of hydrogen-bond donors (Lipinski definition) is 1. The first-order valence-electron chi connectivity index (χ1n) is 6.18. The van der Waals surface area contributed by atoms with Gasteiger partial charge in [-0.25, -0.2) is 0 Å². The van der Waals surface area contributed by atoms with Crippen molar-refractivity contribution in [3.05, 3.63) is 22.2 Å². The Bertz CT molecular complexity index is 535. The van der Waals surface area contributed by atoms with Crippen molar-refractivity contribution in [3.8, 4) is 11.5 Å². The molecule has 2 atom stereocenters. The molecule has 0 radical (unpaired) electrons. The number of rotatable bonds is 1. The number of carbonyl (C=O) groups excluding carboxylic acids is 1. The second-order valence-corrected chi connectivity index (χ2v) is 5.70. The molecule has 2 unspecified atom stereocenters. The van der Waals surface area contributed by atoms with Crippen molar-refractivity contribution in [2.45, 2.75) is 18.5 Å². The molecule has 2 heterocycles. The summed E-state index contributed by atoms with van der Waals surface area (Å²) in [4.78, 5) is 13.4. The molecular weight excluding hydrogens is 312 g/mol. The number of nitrogens with two attached hydrogens (primary N) is 1. The van der Waals surface area contributed by atoms with Gasteiger partial charge in [-0.1, -0.05) is 0 Å². The molecule has 2 N–H and O–H groups in total. The van der Waals surface area contributed by atoms with Crippen molar-refractivity contribution in [1.29, 1.82) is 0 Å². The Kier molecular flexibility index (Phi) is 3.14. The number of amides is 1. The van der Waals surface area contributed by atoms with Gasteiger partial charge in [0, 0.05) is 19.5 Å². The van der Waals surface area contributed by atoms with Crippen molar-refractivity contribution in [2.75, 3.05) is 20.3 Å². The molecule has 2 aliphatic rings. The summed E-state index contributed by atoms with van der Waals surface area (Å²) in [5.74, 6) is 1.50. The molecule has 1 aromatic carbocycles. The van der Waals surface area contributed by atoms with Crippen LogP contribution in [0.3, 0.4) is 0 Å². The van der Waals surface area contributed by atoms with Gasteiger partial charge in [0.2, 0.25) is 5.91 Å². The number of fused-ring (bicyclic) bond motifs is 1. The summed E-state index contributed by atoms with van der Waals surface area (Å²) in [7, 11) is 1.78. The van der Waals surface area contributed by atoms with Crippen LogP contribution in [0.2, 0.25) is 0 Å². The molecule has 2 aliphatic heterocycles. The van der Waals surface area contributed by atoms with Crippen LogP contribution in [-0.4, -0.2) is 37.1 Å². The molecule has 0 spiro atoms. The van der Waals surface area contributed by atoms with Crippen LogP contribution in [0, 0.1) is 0 Å². The number of benzene rings is 1. The van der Waals surface area contributed by atoms with E-state index in [9.17, 15) is 4.79 Å². The van der Waals surface area contributed by atoms with Gasteiger partial charge in [0.25, 0.3) is 0 Å². The molecule has 6 heteroatoms. The summed E-state index contributed by atoms with van der Waals surface area (Å²) in [6.07, 6.45) is 0.382. The smallest absolute Gasteiger partial charge is 0.224 e. The van der Waals surface area contributed by atoms with Gasteiger partial charge >= 0.3 is 0 Å². The predicted molar refractivity (Wildman–Crippen MR) is 73.2 cm³/mol. The molecule has 1 aromatic rings. The van der Waals surface area contributed by atoms with Gasteiger partial charge in [-0.2, -0.15) is 0 Å². The normalized spacial score (nSPS) is 25.8. The third kappa shape index (κ3) is 2.08. The van der Waals surface area contributed by atoms with Gasteiger partial charge in [-0.3, -0.25) is 4.79 Å². The molecular formula is C13H15BrN2O3. The van der Waals surface area contributed by atoms with Crippen LogP contribution in [0.1, 0.15) is 18.0 Å².